The van der Waals surface area contributed by atoms with Crippen LogP contribution in [0.2, 0.25) is 5.02 Å². The molecule has 0 spiro atoms. The van der Waals surface area contributed by atoms with E-state index in [1.807, 2.05) is 30.1 Å². The van der Waals surface area contributed by atoms with Gasteiger partial charge in [0.05, 0.1) is 21.6 Å². The van der Waals surface area contributed by atoms with Crippen molar-refractivity contribution in [3.05, 3.63) is 47.0 Å². The summed E-state index contributed by atoms with van der Waals surface area (Å²) < 4.78 is 37.7. The van der Waals surface area contributed by atoms with Gasteiger partial charge in [0.2, 0.25) is 22.7 Å². The highest BCUT2D eigenvalue weighted by atomic mass is 35.5. The number of carbonyl (C=O) groups is 1. The number of hydrogen-bond acceptors (Lipinski definition) is 6. The number of sulfonamides is 1. The van der Waals surface area contributed by atoms with Gasteiger partial charge in [0, 0.05) is 19.6 Å². The molecule has 3 rings (SSSR count). The molecule has 1 amide bonds. The molecule has 0 saturated carbocycles. The number of carbonyl (C=O) groups excluding carboxylic acids is 1. The number of amides is 1. The quantitative estimate of drug-likeness (QED) is 0.589. The van der Waals surface area contributed by atoms with E-state index in [1.165, 1.54) is 22.5 Å². The van der Waals surface area contributed by atoms with Crippen molar-refractivity contribution < 1.29 is 22.7 Å². The van der Waals surface area contributed by atoms with E-state index < -0.39 is 16.1 Å². The lowest BCUT2D eigenvalue weighted by Crippen LogP contribution is -2.39. The smallest absolute Gasteiger partial charge is 0.243 e. The van der Waals surface area contributed by atoms with Crippen molar-refractivity contribution in [2.45, 2.75) is 38.3 Å². The van der Waals surface area contributed by atoms with Gasteiger partial charge in [-0.3, -0.25) is 9.69 Å². The number of hydrogen-bond donors (Lipinski definition) is 1. The van der Waals surface area contributed by atoms with Crippen LogP contribution < -0.4 is 14.8 Å². The van der Waals surface area contributed by atoms with Crippen molar-refractivity contribution >= 4 is 33.2 Å². The summed E-state index contributed by atoms with van der Waals surface area (Å²) in [6, 6.07) is 9.49. The number of likely N-dealkylation sites (N-methyl/N-ethyl adjacent to an activating group) is 1. The minimum Gasteiger partial charge on any atom is -0.454 e. The first-order chi connectivity index (χ1) is 15.2. The minimum absolute atomic E-state index is 0.0854. The maximum Gasteiger partial charge on any atom is 0.243 e. The van der Waals surface area contributed by atoms with Crippen LogP contribution in [0, 0.1) is 0 Å². The summed E-state index contributed by atoms with van der Waals surface area (Å²) in [6.07, 6.45) is 0. The van der Waals surface area contributed by atoms with Gasteiger partial charge in [0.25, 0.3) is 0 Å². The fraction of sp³-hybridized carbons (Fsp3) is 0.409. The van der Waals surface area contributed by atoms with E-state index in [0.29, 0.717) is 31.1 Å². The van der Waals surface area contributed by atoms with Crippen LogP contribution in [0.3, 0.4) is 0 Å². The van der Waals surface area contributed by atoms with Gasteiger partial charge < -0.3 is 14.8 Å². The molecule has 1 heterocycles. The zero-order valence-electron chi connectivity index (χ0n) is 18.6. The third-order valence-electron chi connectivity index (χ3n) is 5.45. The summed E-state index contributed by atoms with van der Waals surface area (Å²) in [4.78, 5) is 14.8. The molecule has 1 atom stereocenters. The summed E-state index contributed by atoms with van der Waals surface area (Å²) in [6.45, 7) is 6.74. The van der Waals surface area contributed by atoms with Gasteiger partial charge in [-0.2, -0.15) is 4.31 Å². The molecule has 1 aliphatic rings. The number of fused-ring (bicyclic) bond motifs is 1. The van der Waals surface area contributed by atoms with Crippen molar-refractivity contribution in [3.63, 3.8) is 0 Å². The lowest BCUT2D eigenvalue weighted by Gasteiger charge is -2.24. The van der Waals surface area contributed by atoms with Crippen LogP contribution in [0.15, 0.2) is 41.3 Å². The van der Waals surface area contributed by atoms with Gasteiger partial charge in [-0.1, -0.05) is 31.5 Å². The van der Waals surface area contributed by atoms with Crippen LogP contribution in [0.4, 0.5) is 5.69 Å². The Morgan fingerprint density at radius 2 is 1.81 bits per heavy atom. The molecule has 0 aliphatic carbocycles. The van der Waals surface area contributed by atoms with Gasteiger partial charge in [-0.25, -0.2) is 8.42 Å². The largest absolute Gasteiger partial charge is 0.454 e. The molecule has 1 unspecified atom stereocenters. The molecule has 0 bridgehead atoms. The zero-order chi connectivity index (χ0) is 23.5. The predicted octanol–water partition coefficient (Wildman–Crippen LogP) is 3.56. The molecule has 0 saturated heterocycles. The topological polar surface area (TPSA) is 88.2 Å². The van der Waals surface area contributed by atoms with Crippen LogP contribution in [0.1, 0.15) is 26.3 Å². The second kappa shape index (κ2) is 10.1. The van der Waals surface area contributed by atoms with Crippen molar-refractivity contribution in [1.29, 1.82) is 0 Å². The first-order valence-corrected chi connectivity index (χ1v) is 12.2. The fourth-order valence-corrected chi connectivity index (χ4v) is 5.02. The third-order valence-corrected chi connectivity index (χ3v) is 7.82. The Bertz CT molecular complexity index is 1090. The number of benzene rings is 2. The zero-order valence-corrected chi connectivity index (χ0v) is 20.2. The summed E-state index contributed by atoms with van der Waals surface area (Å²) in [7, 11) is -1.84. The molecule has 2 aromatic carbocycles. The molecule has 10 heteroatoms. The van der Waals surface area contributed by atoms with Crippen LogP contribution in [-0.4, -0.2) is 56.5 Å². The number of anilines is 1. The number of ether oxygens (including phenoxy) is 2. The molecule has 0 radical (unpaired) electrons. The Hall–Kier alpha value is -2.33. The molecule has 1 aliphatic heterocycles. The minimum atomic E-state index is -3.67. The van der Waals surface area contributed by atoms with Crippen LogP contribution >= 0.6 is 11.6 Å². The standard InChI is InChI=1S/C22H28ClN3O5S/c1-5-26(6-2)32(28,29)17-8-9-18(23)19(12-17)24-22(27)15(3)25(4)13-16-7-10-20-21(11-16)31-14-30-20/h7-12,15H,5-6,13-14H2,1-4H3,(H,24,27). The summed E-state index contributed by atoms with van der Waals surface area (Å²) in [5.41, 5.74) is 1.23. The molecular formula is C22H28ClN3O5S. The highest BCUT2D eigenvalue weighted by Crippen LogP contribution is 2.33. The van der Waals surface area contributed by atoms with E-state index in [4.69, 9.17) is 21.1 Å². The molecule has 0 aromatic heterocycles. The second-order valence-electron chi connectivity index (χ2n) is 7.50. The van der Waals surface area contributed by atoms with E-state index in [1.54, 1.807) is 20.8 Å². The maximum absolute atomic E-state index is 12.9. The van der Waals surface area contributed by atoms with E-state index in [2.05, 4.69) is 5.32 Å². The first-order valence-electron chi connectivity index (χ1n) is 10.4. The molecule has 8 nitrogen and oxygen atoms in total. The lowest BCUT2D eigenvalue weighted by molar-refractivity contribution is -0.120. The van der Waals surface area contributed by atoms with E-state index in [9.17, 15) is 13.2 Å². The Balaban J connectivity index is 1.71. The molecule has 0 fully saturated rings. The lowest BCUT2D eigenvalue weighted by atomic mass is 10.1. The van der Waals surface area contributed by atoms with Crippen molar-refractivity contribution in [3.8, 4) is 11.5 Å². The van der Waals surface area contributed by atoms with Gasteiger partial charge in [-0.05, 0) is 49.9 Å². The van der Waals surface area contributed by atoms with Gasteiger partial charge in [-0.15, -0.1) is 0 Å². The number of nitrogens with zero attached hydrogens (tertiary/aromatic N) is 2. The normalized spacial score (nSPS) is 14.1. The van der Waals surface area contributed by atoms with Crippen LogP contribution in [0.5, 0.6) is 11.5 Å². The summed E-state index contributed by atoms with van der Waals surface area (Å²) in [5.74, 6) is 1.09. The third kappa shape index (κ3) is 5.17. The summed E-state index contributed by atoms with van der Waals surface area (Å²) in [5, 5.41) is 3.03. The summed E-state index contributed by atoms with van der Waals surface area (Å²) >= 11 is 6.24. The monoisotopic (exact) mass is 481 g/mol. The van der Waals surface area contributed by atoms with Gasteiger partial charge >= 0.3 is 0 Å². The van der Waals surface area contributed by atoms with Crippen molar-refractivity contribution in [2.24, 2.45) is 0 Å². The van der Waals surface area contributed by atoms with E-state index >= 15 is 0 Å². The molecule has 174 valence electrons. The number of nitrogens with one attached hydrogen (secondary N) is 1. The van der Waals surface area contributed by atoms with Crippen molar-refractivity contribution in [1.82, 2.24) is 9.21 Å². The Morgan fingerprint density at radius 1 is 1.12 bits per heavy atom. The molecule has 32 heavy (non-hydrogen) atoms. The Labute approximate surface area is 194 Å². The fourth-order valence-electron chi connectivity index (χ4n) is 3.37. The van der Waals surface area contributed by atoms with E-state index in [0.717, 1.165) is 5.56 Å². The average Bonchev–Trinajstić information content (AvgIpc) is 3.23. The maximum atomic E-state index is 12.9. The van der Waals surface area contributed by atoms with Gasteiger partial charge in [0.15, 0.2) is 11.5 Å². The number of rotatable bonds is 9. The first kappa shape index (κ1) is 24.3. The van der Waals surface area contributed by atoms with Crippen LogP contribution in [0.25, 0.3) is 0 Å². The van der Waals surface area contributed by atoms with E-state index in [-0.39, 0.29) is 28.3 Å². The van der Waals surface area contributed by atoms with Crippen molar-refractivity contribution in [2.75, 3.05) is 32.2 Å². The SMILES string of the molecule is CCN(CC)S(=O)(=O)c1ccc(Cl)c(NC(=O)C(C)N(C)Cc2ccc3c(c2)OCO3)c1. The predicted molar refractivity (Wildman–Crippen MR) is 124 cm³/mol. The molecular weight excluding hydrogens is 454 g/mol. The van der Waals surface area contributed by atoms with Crippen LogP contribution in [-0.2, 0) is 21.4 Å². The Kier molecular flexibility index (Phi) is 7.66. The van der Waals surface area contributed by atoms with Gasteiger partial charge in [0.1, 0.15) is 0 Å². The molecule has 2 aromatic rings. The highest BCUT2D eigenvalue weighted by Gasteiger charge is 2.24. The average molecular weight is 482 g/mol. The Morgan fingerprint density at radius 3 is 2.50 bits per heavy atom. The highest BCUT2D eigenvalue weighted by molar-refractivity contribution is 7.89. The number of halogens is 1. The molecule has 1 N–H and O–H groups in total. The second-order valence-corrected chi connectivity index (χ2v) is 9.84.